The molecule has 0 radical (unpaired) electrons. The van der Waals surface area contributed by atoms with Gasteiger partial charge in [0.1, 0.15) is 18.1 Å². The molecule has 4 heterocycles. The molecule has 0 amide bonds. The van der Waals surface area contributed by atoms with Crippen molar-refractivity contribution in [2.75, 3.05) is 7.11 Å². The Hall–Kier alpha value is -3.33. The number of benzene rings is 1. The van der Waals surface area contributed by atoms with Crippen LogP contribution in [0.15, 0.2) is 48.8 Å². The van der Waals surface area contributed by atoms with Crippen LogP contribution in [-0.4, -0.2) is 37.3 Å². The first-order valence-corrected chi connectivity index (χ1v) is 9.99. The van der Waals surface area contributed by atoms with Gasteiger partial charge in [-0.05, 0) is 37.3 Å². The fourth-order valence-corrected chi connectivity index (χ4v) is 4.02. The predicted octanol–water partition coefficient (Wildman–Crippen LogP) is 3.24. The molecule has 5 rings (SSSR count). The van der Waals surface area contributed by atoms with E-state index >= 15 is 0 Å². The van der Waals surface area contributed by atoms with E-state index in [4.69, 9.17) is 14.6 Å². The molecule has 146 valence electrons. The molecule has 29 heavy (non-hydrogen) atoms. The Labute approximate surface area is 170 Å². The summed E-state index contributed by atoms with van der Waals surface area (Å²) in [5, 5.41) is 17.7. The standard InChI is InChI=1S/C20H18N6O2S/c1-12-22-10-18(29-12)15-5-6-19-23-24-20(26(19)25-15)11-28-17-7-8-21-16-9-13(27-2)3-4-14(16)17/h3-10,12,22H,11H2,1-2H3. The molecule has 0 bridgehead atoms. The lowest BCUT2D eigenvalue weighted by Gasteiger charge is -2.09. The number of hydrogen-bond acceptors (Lipinski definition) is 8. The van der Waals surface area contributed by atoms with E-state index in [0.29, 0.717) is 16.8 Å². The highest BCUT2D eigenvalue weighted by Gasteiger charge is 2.17. The molecule has 1 aromatic carbocycles. The SMILES string of the molecule is COc1ccc2c(OCc3nnc4ccc(C5=CNC(C)S5)nn34)ccnc2c1. The van der Waals surface area contributed by atoms with Gasteiger partial charge in [0.05, 0.1) is 28.6 Å². The van der Waals surface area contributed by atoms with Crippen molar-refractivity contribution in [2.45, 2.75) is 18.9 Å². The lowest BCUT2D eigenvalue weighted by Crippen LogP contribution is -2.09. The molecule has 0 spiro atoms. The van der Waals surface area contributed by atoms with Gasteiger partial charge in [-0.25, -0.2) is 0 Å². The molecule has 8 nitrogen and oxygen atoms in total. The number of aromatic nitrogens is 5. The van der Waals surface area contributed by atoms with Gasteiger partial charge in [0.25, 0.3) is 0 Å². The topological polar surface area (TPSA) is 86.5 Å². The van der Waals surface area contributed by atoms with Gasteiger partial charge < -0.3 is 14.8 Å². The molecule has 0 saturated heterocycles. The van der Waals surface area contributed by atoms with Crippen LogP contribution in [0, 0.1) is 0 Å². The van der Waals surface area contributed by atoms with E-state index in [1.165, 1.54) is 0 Å². The average molecular weight is 406 g/mol. The van der Waals surface area contributed by atoms with Gasteiger partial charge in [0.15, 0.2) is 11.5 Å². The molecule has 1 atom stereocenters. The number of rotatable bonds is 5. The third-order valence-corrected chi connectivity index (χ3v) is 5.67. The molecule has 1 unspecified atom stereocenters. The normalized spacial score (nSPS) is 16.1. The molecular weight excluding hydrogens is 388 g/mol. The van der Waals surface area contributed by atoms with Gasteiger partial charge in [0.2, 0.25) is 0 Å². The molecule has 1 aliphatic heterocycles. The fraction of sp³-hybridized carbons (Fsp3) is 0.200. The zero-order chi connectivity index (χ0) is 19.8. The van der Waals surface area contributed by atoms with E-state index in [-0.39, 0.29) is 6.61 Å². The Kier molecular flexibility index (Phi) is 4.44. The van der Waals surface area contributed by atoms with E-state index in [1.54, 1.807) is 29.6 Å². The Balaban J connectivity index is 1.43. The van der Waals surface area contributed by atoms with Crippen molar-refractivity contribution in [1.82, 2.24) is 30.1 Å². The average Bonchev–Trinajstić information content (AvgIpc) is 3.37. The first-order valence-electron chi connectivity index (χ1n) is 9.11. The zero-order valence-corrected chi connectivity index (χ0v) is 16.7. The van der Waals surface area contributed by atoms with Crippen LogP contribution >= 0.6 is 11.8 Å². The monoisotopic (exact) mass is 406 g/mol. The molecular formula is C20H18N6O2S. The van der Waals surface area contributed by atoms with Crippen LogP contribution in [0.25, 0.3) is 21.5 Å². The minimum absolute atomic E-state index is 0.240. The molecule has 0 saturated carbocycles. The maximum atomic E-state index is 6.05. The van der Waals surface area contributed by atoms with Crippen molar-refractivity contribution in [3.05, 3.63) is 60.3 Å². The van der Waals surface area contributed by atoms with Crippen LogP contribution in [0.4, 0.5) is 0 Å². The lowest BCUT2D eigenvalue weighted by molar-refractivity contribution is 0.296. The fourth-order valence-electron chi connectivity index (χ4n) is 3.14. The third kappa shape index (κ3) is 3.33. The van der Waals surface area contributed by atoms with Crippen molar-refractivity contribution >= 4 is 33.2 Å². The molecule has 3 aromatic heterocycles. The first-order chi connectivity index (χ1) is 14.2. The number of fused-ring (bicyclic) bond motifs is 2. The maximum absolute atomic E-state index is 6.05. The Morgan fingerprint density at radius 2 is 2.10 bits per heavy atom. The Morgan fingerprint density at radius 1 is 1.17 bits per heavy atom. The van der Waals surface area contributed by atoms with Crippen molar-refractivity contribution < 1.29 is 9.47 Å². The maximum Gasteiger partial charge on any atom is 0.192 e. The van der Waals surface area contributed by atoms with Gasteiger partial charge in [-0.15, -0.1) is 10.2 Å². The van der Waals surface area contributed by atoms with Crippen LogP contribution in [0.2, 0.25) is 0 Å². The number of thioether (sulfide) groups is 1. The minimum atomic E-state index is 0.240. The largest absolute Gasteiger partial charge is 0.497 e. The predicted molar refractivity (Wildman–Crippen MR) is 112 cm³/mol. The summed E-state index contributed by atoms with van der Waals surface area (Å²) in [5.41, 5.74) is 2.36. The van der Waals surface area contributed by atoms with Crippen LogP contribution in [-0.2, 0) is 6.61 Å². The highest BCUT2D eigenvalue weighted by atomic mass is 32.2. The van der Waals surface area contributed by atoms with Crippen molar-refractivity contribution in [2.24, 2.45) is 0 Å². The number of ether oxygens (including phenoxy) is 2. The van der Waals surface area contributed by atoms with Crippen LogP contribution in [0.1, 0.15) is 18.4 Å². The van der Waals surface area contributed by atoms with E-state index in [9.17, 15) is 0 Å². The molecule has 0 fully saturated rings. The van der Waals surface area contributed by atoms with E-state index in [2.05, 4.69) is 27.4 Å². The van der Waals surface area contributed by atoms with Crippen LogP contribution < -0.4 is 14.8 Å². The van der Waals surface area contributed by atoms with Gasteiger partial charge in [-0.1, -0.05) is 11.8 Å². The van der Waals surface area contributed by atoms with Gasteiger partial charge in [0, 0.05) is 23.8 Å². The molecule has 0 aliphatic carbocycles. The second-order valence-electron chi connectivity index (χ2n) is 6.52. The highest BCUT2D eigenvalue weighted by Crippen LogP contribution is 2.33. The van der Waals surface area contributed by atoms with Crippen molar-refractivity contribution in [3.8, 4) is 11.5 Å². The Bertz CT molecular complexity index is 1240. The van der Waals surface area contributed by atoms with Gasteiger partial charge >= 0.3 is 0 Å². The summed E-state index contributed by atoms with van der Waals surface area (Å²) in [6.45, 7) is 2.35. The van der Waals surface area contributed by atoms with Crippen LogP contribution in [0.3, 0.4) is 0 Å². The van der Waals surface area contributed by atoms with E-state index < -0.39 is 0 Å². The van der Waals surface area contributed by atoms with E-state index in [1.807, 2.05) is 42.6 Å². The number of hydrogen-bond donors (Lipinski definition) is 1. The van der Waals surface area contributed by atoms with Gasteiger partial charge in [-0.3, -0.25) is 4.98 Å². The second kappa shape index (κ2) is 7.25. The summed E-state index contributed by atoms with van der Waals surface area (Å²) in [6.07, 6.45) is 3.70. The smallest absolute Gasteiger partial charge is 0.192 e. The van der Waals surface area contributed by atoms with E-state index in [0.717, 1.165) is 33.0 Å². The van der Waals surface area contributed by atoms with Crippen molar-refractivity contribution in [1.29, 1.82) is 0 Å². The molecule has 1 N–H and O–H groups in total. The summed E-state index contributed by atoms with van der Waals surface area (Å²) in [7, 11) is 1.63. The summed E-state index contributed by atoms with van der Waals surface area (Å²) in [4.78, 5) is 5.48. The summed E-state index contributed by atoms with van der Waals surface area (Å²) >= 11 is 1.74. The number of nitrogens with one attached hydrogen (secondary N) is 1. The first kappa shape index (κ1) is 17.7. The summed E-state index contributed by atoms with van der Waals surface area (Å²) < 4.78 is 13.0. The number of pyridine rings is 1. The third-order valence-electron chi connectivity index (χ3n) is 4.60. The number of nitrogens with zero attached hydrogens (tertiary/aromatic N) is 5. The number of methoxy groups -OCH3 is 1. The molecule has 9 heteroatoms. The van der Waals surface area contributed by atoms with Crippen molar-refractivity contribution in [3.63, 3.8) is 0 Å². The Morgan fingerprint density at radius 3 is 2.93 bits per heavy atom. The minimum Gasteiger partial charge on any atom is -0.497 e. The quantitative estimate of drug-likeness (QED) is 0.541. The summed E-state index contributed by atoms with van der Waals surface area (Å²) in [5.74, 6) is 2.10. The zero-order valence-electron chi connectivity index (χ0n) is 15.9. The highest BCUT2D eigenvalue weighted by molar-refractivity contribution is 8.09. The second-order valence-corrected chi connectivity index (χ2v) is 7.90. The lowest BCUT2D eigenvalue weighted by atomic mass is 10.2. The summed E-state index contributed by atoms with van der Waals surface area (Å²) in [6, 6.07) is 11.4. The van der Waals surface area contributed by atoms with Crippen LogP contribution in [0.5, 0.6) is 11.5 Å². The molecule has 4 aromatic rings. The molecule has 1 aliphatic rings. The van der Waals surface area contributed by atoms with Gasteiger partial charge in [-0.2, -0.15) is 9.61 Å².